The molecule has 20 heavy (non-hydrogen) atoms. The summed E-state index contributed by atoms with van der Waals surface area (Å²) in [6.45, 7) is 8.28. The predicted molar refractivity (Wildman–Crippen MR) is 84.1 cm³/mol. The molecule has 0 saturated heterocycles. The van der Waals surface area contributed by atoms with Crippen molar-refractivity contribution < 1.29 is 4.39 Å². The van der Waals surface area contributed by atoms with Crippen molar-refractivity contribution >= 4 is 17.3 Å². The molecule has 0 saturated carbocycles. The summed E-state index contributed by atoms with van der Waals surface area (Å²) in [5.74, 6) is -0.400. The van der Waals surface area contributed by atoms with E-state index in [-0.39, 0.29) is 11.1 Å². The smallest absolute Gasteiger partial charge is 0.164 e. The van der Waals surface area contributed by atoms with Crippen LogP contribution in [0.1, 0.15) is 35.2 Å². The molecule has 1 nitrogen and oxygen atoms in total. The maximum Gasteiger partial charge on any atom is 0.164 e. The van der Waals surface area contributed by atoms with E-state index in [1.54, 1.807) is 18.2 Å². The highest BCUT2D eigenvalue weighted by Crippen LogP contribution is 2.29. The van der Waals surface area contributed by atoms with Gasteiger partial charge in [-0.05, 0) is 56.5 Å². The highest BCUT2D eigenvalue weighted by atomic mass is 35.5. The molecule has 0 aromatic heterocycles. The summed E-state index contributed by atoms with van der Waals surface area (Å²) in [7, 11) is 0. The molecule has 106 valence electrons. The first-order valence-electron chi connectivity index (χ1n) is 6.68. The van der Waals surface area contributed by atoms with Crippen LogP contribution < -0.4 is 5.32 Å². The second-order valence-corrected chi connectivity index (χ2v) is 5.69. The lowest BCUT2D eigenvalue weighted by Gasteiger charge is -2.21. The van der Waals surface area contributed by atoms with Gasteiger partial charge in [-0.25, -0.2) is 4.39 Å². The van der Waals surface area contributed by atoms with Crippen LogP contribution in [0.4, 0.5) is 10.1 Å². The van der Waals surface area contributed by atoms with Gasteiger partial charge in [0.05, 0.1) is 10.7 Å². The van der Waals surface area contributed by atoms with Crippen LogP contribution in [-0.2, 0) is 0 Å². The fraction of sp³-hybridized carbons (Fsp3) is 0.294. The maximum absolute atomic E-state index is 13.9. The molecule has 0 heterocycles. The van der Waals surface area contributed by atoms with E-state index in [1.807, 2.05) is 6.92 Å². The number of anilines is 1. The van der Waals surface area contributed by atoms with Gasteiger partial charge < -0.3 is 5.32 Å². The summed E-state index contributed by atoms with van der Waals surface area (Å²) in [5, 5.41) is 3.35. The Labute approximate surface area is 124 Å². The van der Waals surface area contributed by atoms with E-state index in [9.17, 15) is 4.39 Å². The van der Waals surface area contributed by atoms with Crippen molar-refractivity contribution in [1.29, 1.82) is 0 Å². The molecule has 0 aliphatic heterocycles. The third-order valence-corrected chi connectivity index (χ3v) is 3.79. The molecule has 2 rings (SSSR count). The van der Waals surface area contributed by atoms with E-state index >= 15 is 0 Å². The minimum atomic E-state index is -0.400. The van der Waals surface area contributed by atoms with E-state index in [0.29, 0.717) is 5.69 Å². The van der Waals surface area contributed by atoms with Crippen LogP contribution in [0.3, 0.4) is 0 Å². The molecule has 0 radical (unpaired) electrons. The van der Waals surface area contributed by atoms with Crippen LogP contribution in [0.2, 0.25) is 5.02 Å². The van der Waals surface area contributed by atoms with Crippen molar-refractivity contribution in [2.75, 3.05) is 5.32 Å². The first kappa shape index (κ1) is 14.9. The summed E-state index contributed by atoms with van der Waals surface area (Å²) in [5.41, 5.74) is 5.30. The van der Waals surface area contributed by atoms with E-state index in [2.05, 4.69) is 38.2 Å². The van der Waals surface area contributed by atoms with Crippen molar-refractivity contribution in [3.05, 3.63) is 63.4 Å². The largest absolute Gasteiger partial charge is 0.376 e. The van der Waals surface area contributed by atoms with Crippen molar-refractivity contribution in [2.24, 2.45) is 0 Å². The summed E-state index contributed by atoms with van der Waals surface area (Å²) >= 11 is 5.81. The van der Waals surface area contributed by atoms with Crippen molar-refractivity contribution in [3.8, 4) is 0 Å². The average Bonchev–Trinajstić information content (AvgIpc) is 2.33. The Morgan fingerprint density at radius 3 is 2.30 bits per heavy atom. The molecule has 1 N–H and O–H groups in total. The first-order valence-corrected chi connectivity index (χ1v) is 7.06. The number of aryl methyl sites for hydroxylation is 3. The molecule has 1 atom stereocenters. The van der Waals surface area contributed by atoms with Crippen LogP contribution in [-0.4, -0.2) is 0 Å². The molecule has 2 aromatic rings. The summed E-state index contributed by atoms with van der Waals surface area (Å²) in [6, 6.07) is 9.31. The van der Waals surface area contributed by atoms with Gasteiger partial charge >= 0.3 is 0 Å². The van der Waals surface area contributed by atoms with Gasteiger partial charge in [-0.2, -0.15) is 0 Å². The topological polar surface area (TPSA) is 12.0 Å². The van der Waals surface area contributed by atoms with Crippen LogP contribution in [0.25, 0.3) is 0 Å². The lowest BCUT2D eigenvalue weighted by molar-refractivity contribution is 0.627. The highest BCUT2D eigenvalue weighted by Gasteiger charge is 2.14. The van der Waals surface area contributed by atoms with E-state index < -0.39 is 5.82 Å². The first-order chi connectivity index (χ1) is 9.40. The fourth-order valence-corrected chi connectivity index (χ4v) is 2.97. The third kappa shape index (κ3) is 2.96. The van der Waals surface area contributed by atoms with E-state index in [1.165, 1.54) is 22.3 Å². The molecule has 0 aliphatic carbocycles. The molecule has 0 spiro atoms. The summed E-state index contributed by atoms with van der Waals surface area (Å²) < 4.78 is 13.9. The van der Waals surface area contributed by atoms with Crippen molar-refractivity contribution in [3.63, 3.8) is 0 Å². The predicted octanol–water partition coefficient (Wildman–Crippen LogP) is 5.58. The zero-order valence-corrected chi connectivity index (χ0v) is 13.0. The number of halogens is 2. The molecule has 3 heteroatoms. The number of nitrogens with one attached hydrogen (secondary N) is 1. The third-order valence-electron chi connectivity index (χ3n) is 3.49. The van der Waals surface area contributed by atoms with Crippen LogP contribution >= 0.6 is 11.6 Å². The fourth-order valence-electron chi connectivity index (χ4n) is 2.79. The minimum Gasteiger partial charge on any atom is -0.376 e. The normalized spacial score (nSPS) is 12.3. The second kappa shape index (κ2) is 5.84. The summed E-state index contributed by atoms with van der Waals surface area (Å²) in [4.78, 5) is 0. The average molecular weight is 292 g/mol. The van der Waals surface area contributed by atoms with Crippen molar-refractivity contribution in [1.82, 2.24) is 0 Å². The minimum absolute atomic E-state index is 0.0172. The summed E-state index contributed by atoms with van der Waals surface area (Å²) in [6.07, 6.45) is 0. The van der Waals surface area contributed by atoms with Crippen molar-refractivity contribution in [2.45, 2.75) is 33.7 Å². The van der Waals surface area contributed by atoms with Gasteiger partial charge in [0.15, 0.2) is 5.82 Å². The zero-order chi connectivity index (χ0) is 14.9. The highest BCUT2D eigenvalue weighted by molar-refractivity contribution is 6.31. The van der Waals surface area contributed by atoms with Crippen LogP contribution in [0, 0.1) is 26.6 Å². The van der Waals surface area contributed by atoms with Crippen LogP contribution in [0.5, 0.6) is 0 Å². The van der Waals surface area contributed by atoms with Gasteiger partial charge in [-0.3, -0.25) is 0 Å². The SMILES string of the molecule is Cc1cc(C)c(C(C)Nc2cccc(Cl)c2F)c(C)c1. The zero-order valence-electron chi connectivity index (χ0n) is 12.2. The van der Waals surface area contributed by atoms with E-state index in [4.69, 9.17) is 11.6 Å². The molecule has 0 amide bonds. The number of rotatable bonds is 3. The maximum atomic E-state index is 13.9. The number of benzene rings is 2. The Hall–Kier alpha value is -1.54. The lowest BCUT2D eigenvalue weighted by atomic mass is 9.95. The Kier molecular flexibility index (Phi) is 4.34. The Morgan fingerprint density at radius 1 is 1.10 bits per heavy atom. The Morgan fingerprint density at radius 2 is 1.70 bits per heavy atom. The standard InChI is InChI=1S/C17H19ClFN/c1-10-8-11(2)16(12(3)9-10)13(4)20-15-7-5-6-14(18)17(15)19/h5-9,13,20H,1-4H3. The number of hydrogen-bond acceptors (Lipinski definition) is 1. The van der Waals surface area contributed by atoms with Gasteiger partial charge in [0.2, 0.25) is 0 Å². The van der Waals surface area contributed by atoms with Gasteiger partial charge in [0.25, 0.3) is 0 Å². The van der Waals surface area contributed by atoms with Crippen LogP contribution in [0.15, 0.2) is 30.3 Å². The lowest BCUT2D eigenvalue weighted by Crippen LogP contribution is -2.11. The number of hydrogen-bond donors (Lipinski definition) is 1. The molecule has 0 aliphatic rings. The van der Waals surface area contributed by atoms with Gasteiger partial charge in [0, 0.05) is 6.04 Å². The quantitative estimate of drug-likeness (QED) is 0.778. The second-order valence-electron chi connectivity index (χ2n) is 5.28. The molecule has 0 bridgehead atoms. The monoisotopic (exact) mass is 291 g/mol. The molecule has 0 fully saturated rings. The molecular weight excluding hydrogens is 273 g/mol. The molecule has 2 aromatic carbocycles. The molecule has 1 unspecified atom stereocenters. The van der Waals surface area contributed by atoms with E-state index in [0.717, 1.165) is 0 Å². The van der Waals surface area contributed by atoms with Gasteiger partial charge in [0.1, 0.15) is 0 Å². The molecular formula is C17H19ClFN. The Balaban J connectivity index is 2.33. The van der Waals surface area contributed by atoms with Gasteiger partial charge in [-0.15, -0.1) is 0 Å². The van der Waals surface area contributed by atoms with Gasteiger partial charge in [-0.1, -0.05) is 35.4 Å². The Bertz CT molecular complexity index is 614.